The van der Waals surface area contributed by atoms with Gasteiger partial charge in [-0.1, -0.05) is 30.3 Å². The van der Waals surface area contributed by atoms with Crippen molar-refractivity contribution in [2.45, 2.75) is 18.5 Å². The highest BCUT2D eigenvalue weighted by Gasteiger charge is 2.39. The lowest BCUT2D eigenvalue weighted by molar-refractivity contribution is 0.0862. The Balaban J connectivity index is 1.94. The summed E-state index contributed by atoms with van der Waals surface area (Å²) in [6.07, 6.45) is 1.14. The Morgan fingerprint density at radius 3 is 2.75 bits per heavy atom. The first kappa shape index (κ1) is 15.4. The first-order chi connectivity index (χ1) is 9.70. The van der Waals surface area contributed by atoms with Gasteiger partial charge in [-0.15, -0.1) is 0 Å². The average Bonchev–Trinajstić information content (AvgIpc) is 2.90. The molecule has 2 N–H and O–H groups in total. The molecule has 1 heterocycles. The molecule has 1 aromatic carbocycles. The molecule has 4 heteroatoms. The molecule has 0 spiro atoms. The van der Waals surface area contributed by atoms with Crippen LogP contribution in [0.25, 0.3) is 0 Å². The number of hydrogen-bond donors (Lipinski definition) is 1. The molecule has 0 aromatic heterocycles. The van der Waals surface area contributed by atoms with Gasteiger partial charge in [0.15, 0.2) is 0 Å². The van der Waals surface area contributed by atoms with E-state index in [0.717, 1.165) is 39.2 Å². The van der Waals surface area contributed by atoms with Crippen LogP contribution in [0.5, 0.6) is 0 Å². The molecule has 1 saturated heterocycles. The van der Waals surface area contributed by atoms with E-state index < -0.39 is 0 Å². The van der Waals surface area contributed by atoms with Crippen LogP contribution in [-0.4, -0.2) is 62.3 Å². The smallest absolute Gasteiger partial charge is 0.0589 e. The Morgan fingerprint density at radius 2 is 2.10 bits per heavy atom. The van der Waals surface area contributed by atoms with Crippen LogP contribution in [0.1, 0.15) is 12.0 Å². The first-order valence-electron chi connectivity index (χ1n) is 7.37. The average molecular weight is 277 g/mol. The van der Waals surface area contributed by atoms with Gasteiger partial charge >= 0.3 is 0 Å². The normalized spacial score (nSPS) is 23.6. The second-order valence-corrected chi connectivity index (χ2v) is 5.79. The van der Waals surface area contributed by atoms with Crippen LogP contribution in [0.2, 0.25) is 0 Å². The predicted octanol–water partition coefficient (Wildman–Crippen LogP) is 1.17. The number of rotatable bonds is 7. The van der Waals surface area contributed by atoms with E-state index in [9.17, 15) is 0 Å². The Kier molecular flexibility index (Phi) is 5.54. The third-order valence-electron chi connectivity index (χ3n) is 4.48. The van der Waals surface area contributed by atoms with Crippen molar-refractivity contribution in [3.63, 3.8) is 0 Å². The Hall–Kier alpha value is -0.940. The van der Waals surface area contributed by atoms with Gasteiger partial charge in [0.2, 0.25) is 0 Å². The molecule has 1 aliphatic rings. The van der Waals surface area contributed by atoms with Gasteiger partial charge < -0.3 is 10.5 Å². The zero-order valence-electron chi connectivity index (χ0n) is 12.7. The number of nitrogens with two attached hydrogens (primary N) is 1. The molecule has 4 nitrogen and oxygen atoms in total. The summed E-state index contributed by atoms with van der Waals surface area (Å²) in [5.74, 6) is 0. The lowest BCUT2D eigenvalue weighted by Crippen LogP contribution is -2.54. The zero-order valence-corrected chi connectivity index (χ0v) is 12.7. The topological polar surface area (TPSA) is 41.7 Å². The van der Waals surface area contributed by atoms with Gasteiger partial charge in [-0.3, -0.25) is 9.80 Å². The fourth-order valence-corrected chi connectivity index (χ4v) is 3.02. The highest BCUT2D eigenvalue weighted by molar-refractivity contribution is 5.15. The molecule has 0 aliphatic carbocycles. The maximum atomic E-state index is 6.09. The molecule has 2 rings (SSSR count). The summed E-state index contributed by atoms with van der Waals surface area (Å²) < 4.78 is 5.19. The minimum absolute atomic E-state index is 0.104. The minimum atomic E-state index is 0.104. The molecular formula is C16H27N3O. The van der Waals surface area contributed by atoms with Gasteiger partial charge in [0.1, 0.15) is 0 Å². The molecule has 0 radical (unpaired) electrons. The van der Waals surface area contributed by atoms with Crippen molar-refractivity contribution < 1.29 is 4.74 Å². The number of methoxy groups -OCH3 is 1. The van der Waals surface area contributed by atoms with Crippen molar-refractivity contribution >= 4 is 0 Å². The number of hydrogen-bond acceptors (Lipinski definition) is 4. The lowest BCUT2D eigenvalue weighted by atomic mass is 9.97. The van der Waals surface area contributed by atoms with E-state index in [1.807, 2.05) is 0 Å². The van der Waals surface area contributed by atoms with Crippen LogP contribution in [0.3, 0.4) is 0 Å². The van der Waals surface area contributed by atoms with E-state index in [0.29, 0.717) is 6.54 Å². The highest BCUT2D eigenvalue weighted by atomic mass is 16.5. The molecule has 112 valence electrons. The summed E-state index contributed by atoms with van der Waals surface area (Å²) in [5.41, 5.74) is 7.57. The summed E-state index contributed by atoms with van der Waals surface area (Å²) in [6, 6.07) is 10.7. The Bertz CT molecular complexity index is 398. The number of likely N-dealkylation sites (N-methyl/N-ethyl adjacent to an activating group) is 1. The predicted molar refractivity (Wildman–Crippen MR) is 82.6 cm³/mol. The fraction of sp³-hybridized carbons (Fsp3) is 0.625. The summed E-state index contributed by atoms with van der Waals surface area (Å²) in [5, 5.41) is 0. The SMILES string of the molecule is COCCN(C)C1(CN)CCN(Cc2ccccc2)C1. The van der Waals surface area contributed by atoms with Crippen molar-refractivity contribution in [1.29, 1.82) is 0 Å². The summed E-state index contributed by atoms with van der Waals surface area (Å²) in [4.78, 5) is 4.88. The van der Waals surface area contributed by atoms with Gasteiger partial charge in [0.25, 0.3) is 0 Å². The van der Waals surface area contributed by atoms with E-state index >= 15 is 0 Å². The molecule has 20 heavy (non-hydrogen) atoms. The summed E-state index contributed by atoms with van der Waals surface area (Å²) in [6.45, 7) is 5.57. The fourth-order valence-electron chi connectivity index (χ4n) is 3.02. The van der Waals surface area contributed by atoms with Gasteiger partial charge in [0.05, 0.1) is 6.61 Å². The van der Waals surface area contributed by atoms with Gasteiger partial charge in [-0.05, 0) is 19.0 Å². The number of ether oxygens (including phenoxy) is 1. The van der Waals surface area contributed by atoms with Gasteiger partial charge in [0, 0.05) is 45.4 Å². The summed E-state index contributed by atoms with van der Waals surface area (Å²) in [7, 11) is 3.91. The number of likely N-dealkylation sites (tertiary alicyclic amines) is 1. The van der Waals surface area contributed by atoms with Crippen molar-refractivity contribution in [2.75, 3.05) is 46.9 Å². The quantitative estimate of drug-likeness (QED) is 0.812. The highest BCUT2D eigenvalue weighted by Crippen LogP contribution is 2.27. The van der Waals surface area contributed by atoms with E-state index in [1.54, 1.807) is 7.11 Å². The molecule has 1 aromatic rings. The van der Waals surface area contributed by atoms with E-state index in [2.05, 4.69) is 47.2 Å². The Labute approximate surface area is 122 Å². The third-order valence-corrected chi connectivity index (χ3v) is 4.48. The first-order valence-corrected chi connectivity index (χ1v) is 7.37. The van der Waals surface area contributed by atoms with E-state index in [1.165, 1.54) is 5.56 Å². The maximum absolute atomic E-state index is 6.09. The zero-order chi connectivity index (χ0) is 14.4. The van der Waals surface area contributed by atoms with Crippen LogP contribution in [-0.2, 0) is 11.3 Å². The summed E-state index contributed by atoms with van der Waals surface area (Å²) >= 11 is 0. The van der Waals surface area contributed by atoms with E-state index in [4.69, 9.17) is 10.5 Å². The number of benzene rings is 1. The van der Waals surface area contributed by atoms with Gasteiger partial charge in [-0.2, -0.15) is 0 Å². The molecular weight excluding hydrogens is 250 g/mol. The maximum Gasteiger partial charge on any atom is 0.0589 e. The minimum Gasteiger partial charge on any atom is -0.383 e. The largest absolute Gasteiger partial charge is 0.383 e. The van der Waals surface area contributed by atoms with Crippen LogP contribution >= 0.6 is 0 Å². The standard InChI is InChI=1S/C16H27N3O/c1-18(10-11-20-2)16(13-17)8-9-19(14-16)12-15-6-4-3-5-7-15/h3-7H,8-14,17H2,1-2H3. The lowest BCUT2D eigenvalue weighted by Gasteiger charge is -2.38. The molecule has 1 unspecified atom stereocenters. The molecule has 1 atom stereocenters. The van der Waals surface area contributed by atoms with Crippen LogP contribution in [0, 0.1) is 0 Å². The molecule has 0 saturated carbocycles. The van der Waals surface area contributed by atoms with Crippen LogP contribution in [0.15, 0.2) is 30.3 Å². The van der Waals surface area contributed by atoms with Crippen molar-refractivity contribution in [3.05, 3.63) is 35.9 Å². The van der Waals surface area contributed by atoms with E-state index in [-0.39, 0.29) is 5.54 Å². The molecule has 0 amide bonds. The molecule has 1 aliphatic heterocycles. The molecule has 1 fully saturated rings. The Morgan fingerprint density at radius 1 is 1.35 bits per heavy atom. The monoisotopic (exact) mass is 277 g/mol. The van der Waals surface area contributed by atoms with Crippen LogP contribution < -0.4 is 5.73 Å². The van der Waals surface area contributed by atoms with Crippen molar-refractivity contribution in [1.82, 2.24) is 9.80 Å². The van der Waals surface area contributed by atoms with Crippen molar-refractivity contribution in [3.8, 4) is 0 Å². The van der Waals surface area contributed by atoms with Crippen LogP contribution in [0.4, 0.5) is 0 Å². The second kappa shape index (κ2) is 7.18. The van der Waals surface area contributed by atoms with Crippen molar-refractivity contribution in [2.24, 2.45) is 5.73 Å². The number of nitrogens with zero attached hydrogens (tertiary/aromatic N) is 2. The third kappa shape index (κ3) is 3.58. The molecule has 0 bridgehead atoms. The van der Waals surface area contributed by atoms with Gasteiger partial charge in [-0.25, -0.2) is 0 Å². The second-order valence-electron chi connectivity index (χ2n) is 5.79.